The first kappa shape index (κ1) is 9.86. The fraction of sp³-hybridized carbons (Fsp3) is 0.400. The van der Waals surface area contributed by atoms with E-state index in [0.29, 0.717) is 0 Å². The Labute approximate surface area is 64.9 Å². The van der Waals surface area contributed by atoms with Crippen LogP contribution in [-0.2, 0) is 32.7 Å². The minimum absolute atomic E-state index is 0. The Kier molecular flexibility index (Phi) is 9.39. The number of rotatable bonds is 0. The van der Waals surface area contributed by atoms with E-state index in [1.807, 2.05) is 19.9 Å². The Morgan fingerprint density at radius 1 is 1.67 bits per heavy atom. The van der Waals surface area contributed by atoms with Crippen molar-refractivity contribution < 1.29 is 32.7 Å². The molecule has 0 aliphatic carbocycles. The van der Waals surface area contributed by atoms with Gasteiger partial charge in [0.05, 0.1) is 0 Å². The van der Waals surface area contributed by atoms with Crippen molar-refractivity contribution in [2.45, 2.75) is 13.8 Å². The van der Waals surface area contributed by atoms with Gasteiger partial charge in [-0.2, -0.15) is 0 Å². The average Bonchev–Trinajstić information content (AvgIpc) is 1.38. The minimum Gasteiger partial charge on any atom is -0.242 e. The minimum atomic E-state index is 0. The first-order valence-corrected chi connectivity index (χ1v) is 1.72. The van der Waals surface area contributed by atoms with Crippen molar-refractivity contribution in [1.29, 1.82) is 0 Å². The Hall–Kier alpha value is 0.714. The summed E-state index contributed by atoms with van der Waals surface area (Å²) in [6.07, 6.45) is 1.97. The molecule has 6 heavy (non-hydrogen) atoms. The SMILES string of the molecule is [CH2-]/C(C)=C\C.[Y]. The zero-order valence-electron chi connectivity index (χ0n) is 4.36. The molecule has 0 amide bonds. The fourth-order valence-electron chi connectivity index (χ4n) is 0. The van der Waals surface area contributed by atoms with E-state index >= 15 is 0 Å². The van der Waals surface area contributed by atoms with Crippen molar-refractivity contribution in [1.82, 2.24) is 0 Å². The summed E-state index contributed by atoms with van der Waals surface area (Å²) >= 11 is 0. The molecule has 0 aromatic heterocycles. The van der Waals surface area contributed by atoms with Gasteiger partial charge in [0.1, 0.15) is 0 Å². The van der Waals surface area contributed by atoms with Crippen LogP contribution in [-0.4, -0.2) is 0 Å². The maximum absolute atomic E-state index is 3.62. The largest absolute Gasteiger partial charge is 0.242 e. The standard InChI is InChI=1S/C5H9.Y/c1-4-5(2)3;/h4H,2H2,1,3H3;/q-1;/b5-4+;. The molecule has 0 N–H and O–H groups in total. The molecular weight excluding hydrogens is 149 g/mol. The molecule has 0 aliphatic rings. The molecule has 1 radical (unpaired) electrons. The molecule has 0 unspecified atom stereocenters. The van der Waals surface area contributed by atoms with Crippen LogP contribution >= 0.6 is 0 Å². The van der Waals surface area contributed by atoms with Crippen molar-refractivity contribution in [2.75, 3.05) is 0 Å². The maximum Gasteiger partial charge on any atom is 0 e. The zero-order chi connectivity index (χ0) is 4.28. The fourth-order valence-corrected chi connectivity index (χ4v) is 0. The third-order valence-electron chi connectivity index (χ3n) is 0.493. The smallest absolute Gasteiger partial charge is 0 e. The monoisotopic (exact) mass is 158 g/mol. The summed E-state index contributed by atoms with van der Waals surface area (Å²) in [5.74, 6) is 0. The second-order valence-electron chi connectivity index (χ2n) is 1.14. The zero-order valence-corrected chi connectivity index (χ0v) is 7.20. The molecule has 0 rings (SSSR count). The van der Waals surface area contributed by atoms with E-state index < -0.39 is 0 Å². The average molecular weight is 158 g/mol. The third kappa shape index (κ3) is 8.83. The van der Waals surface area contributed by atoms with Crippen LogP contribution in [0, 0.1) is 6.92 Å². The second-order valence-corrected chi connectivity index (χ2v) is 1.14. The molecule has 0 fully saturated rings. The summed E-state index contributed by atoms with van der Waals surface area (Å²) in [5, 5.41) is 0. The van der Waals surface area contributed by atoms with E-state index in [1.165, 1.54) is 0 Å². The van der Waals surface area contributed by atoms with Crippen LogP contribution in [0.25, 0.3) is 0 Å². The van der Waals surface area contributed by atoms with Crippen LogP contribution in [0.15, 0.2) is 11.6 Å². The van der Waals surface area contributed by atoms with Gasteiger partial charge in [-0.25, -0.2) is 18.6 Å². The summed E-state index contributed by atoms with van der Waals surface area (Å²) in [6.45, 7) is 7.56. The molecule has 0 bridgehead atoms. The molecule has 0 aromatic rings. The van der Waals surface area contributed by atoms with E-state index in [2.05, 4.69) is 6.92 Å². The van der Waals surface area contributed by atoms with Crippen molar-refractivity contribution in [3.05, 3.63) is 18.6 Å². The van der Waals surface area contributed by atoms with Gasteiger partial charge in [-0.05, 0) is 0 Å². The molecule has 33 valence electrons. The Morgan fingerprint density at radius 3 is 1.83 bits per heavy atom. The van der Waals surface area contributed by atoms with Gasteiger partial charge in [0, 0.05) is 32.7 Å². The molecule has 0 nitrogen and oxygen atoms in total. The normalized spacial score (nSPS) is 10.0. The Morgan fingerprint density at radius 2 is 1.83 bits per heavy atom. The van der Waals surface area contributed by atoms with E-state index in [0.717, 1.165) is 5.57 Å². The van der Waals surface area contributed by atoms with Gasteiger partial charge in [0.25, 0.3) is 0 Å². The first-order valence-electron chi connectivity index (χ1n) is 1.72. The summed E-state index contributed by atoms with van der Waals surface area (Å²) in [5.41, 5.74) is 1.13. The maximum atomic E-state index is 3.62. The van der Waals surface area contributed by atoms with Gasteiger partial charge in [-0.1, -0.05) is 6.92 Å². The topological polar surface area (TPSA) is 0 Å². The molecule has 0 saturated heterocycles. The van der Waals surface area contributed by atoms with Crippen molar-refractivity contribution in [2.24, 2.45) is 0 Å². The number of hydrogen-bond donors (Lipinski definition) is 0. The van der Waals surface area contributed by atoms with Crippen LogP contribution in [0.2, 0.25) is 0 Å². The van der Waals surface area contributed by atoms with Crippen molar-refractivity contribution in [3.63, 3.8) is 0 Å². The molecule has 0 atom stereocenters. The summed E-state index contributed by atoms with van der Waals surface area (Å²) in [7, 11) is 0. The quantitative estimate of drug-likeness (QED) is 0.471. The molecular formula is C5H9Y-. The molecule has 0 spiro atoms. The van der Waals surface area contributed by atoms with Crippen molar-refractivity contribution in [3.8, 4) is 0 Å². The van der Waals surface area contributed by atoms with E-state index in [-0.39, 0.29) is 32.7 Å². The third-order valence-corrected chi connectivity index (χ3v) is 0.493. The van der Waals surface area contributed by atoms with Crippen LogP contribution in [0.5, 0.6) is 0 Å². The predicted octanol–water partition coefficient (Wildman–Crippen LogP) is 1.78. The first-order chi connectivity index (χ1) is 2.27. The van der Waals surface area contributed by atoms with Gasteiger partial charge < -0.3 is 0 Å². The van der Waals surface area contributed by atoms with Gasteiger partial charge in [-0.15, -0.1) is 6.92 Å². The molecule has 0 aromatic carbocycles. The second kappa shape index (κ2) is 5.71. The van der Waals surface area contributed by atoms with Crippen LogP contribution in [0.3, 0.4) is 0 Å². The van der Waals surface area contributed by atoms with Gasteiger partial charge in [0.2, 0.25) is 0 Å². The summed E-state index contributed by atoms with van der Waals surface area (Å²) < 4.78 is 0. The molecule has 0 heterocycles. The van der Waals surface area contributed by atoms with E-state index in [4.69, 9.17) is 0 Å². The van der Waals surface area contributed by atoms with Gasteiger partial charge >= 0.3 is 0 Å². The van der Waals surface area contributed by atoms with Gasteiger partial charge in [0.15, 0.2) is 0 Å². The van der Waals surface area contributed by atoms with E-state index in [9.17, 15) is 0 Å². The van der Waals surface area contributed by atoms with Crippen molar-refractivity contribution >= 4 is 0 Å². The molecule has 1 heteroatoms. The predicted molar refractivity (Wildman–Crippen MR) is 24.8 cm³/mol. The Balaban J connectivity index is 0. The van der Waals surface area contributed by atoms with E-state index in [1.54, 1.807) is 0 Å². The summed E-state index contributed by atoms with van der Waals surface area (Å²) in [6, 6.07) is 0. The van der Waals surface area contributed by atoms with Crippen LogP contribution in [0.4, 0.5) is 0 Å². The number of allylic oxidation sites excluding steroid dienone is 2. The van der Waals surface area contributed by atoms with Gasteiger partial charge in [-0.3, -0.25) is 0 Å². The molecule has 0 saturated carbocycles. The number of hydrogen-bond acceptors (Lipinski definition) is 0. The molecule has 0 aliphatic heterocycles. The van der Waals surface area contributed by atoms with Crippen LogP contribution in [0.1, 0.15) is 13.8 Å². The summed E-state index contributed by atoms with van der Waals surface area (Å²) in [4.78, 5) is 0. The Bertz CT molecular complexity index is 41.9. The van der Waals surface area contributed by atoms with Crippen LogP contribution < -0.4 is 0 Å².